The number of rotatable bonds is 2. The van der Waals surface area contributed by atoms with Gasteiger partial charge in [-0.05, 0) is 43.3 Å². The third kappa shape index (κ3) is 2.03. The highest BCUT2D eigenvalue weighted by molar-refractivity contribution is 5.67. The van der Waals surface area contributed by atoms with Crippen LogP contribution in [0.5, 0.6) is 0 Å². The average Bonchev–Trinajstić information content (AvgIpc) is 2.76. The molecule has 100 valence electrons. The topological polar surface area (TPSA) is 50.9 Å². The van der Waals surface area contributed by atoms with Gasteiger partial charge in [0.05, 0.1) is 5.69 Å². The summed E-state index contributed by atoms with van der Waals surface area (Å²) in [6.07, 6.45) is 3.32. The molecule has 3 rings (SSSR count). The van der Waals surface area contributed by atoms with Gasteiger partial charge in [0.25, 0.3) is 0 Å². The summed E-state index contributed by atoms with van der Waals surface area (Å²) in [5.41, 5.74) is 2.68. The average molecular weight is 269 g/mol. The molecule has 0 amide bonds. The highest BCUT2D eigenvalue weighted by Gasteiger charge is 2.16. The Morgan fingerprint density at radius 3 is 2.50 bits per heavy atom. The standard InChI is InChI=1S/C15H12FN3O/c1-10-14(12-3-2-8-17-9-12)19(20)15(18-10)11-4-6-13(16)7-5-11/h2-9,20H,1H3. The van der Waals surface area contributed by atoms with Crippen molar-refractivity contribution in [3.8, 4) is 22.6 Å². The van der Waals surface area contributed by atoms with Gasteiger partial charge in [-0.2, -0.15) is 4.73 Å². The zero-order valence-corrected chi connectivity index (χ0v) is 10.8. The molecule has 0 fully saturated rings. The third-order valence-corrected chi connectivity index (χ3v) is 3.07. The summed E-state index contributed by atoms with van der Waals surface area (Å²) < 4.78 is 14.0. The Morgan fingerprint density at radius 1 is 1.10 bits per heavy atom. The van der Waals surface area contributed by atoms with E-state index >= 15 is 0 Å². The number of hydrogen-bond donors (Lipinski definition) is 1. The fraction of sp³-hybridized carbons (Fsp3) is 0.0667. The predicted octanol–water partition coefficient (Wildman–Crippen LogP) is 3.30. The summed E-state index contributed by atoms with van der Waals surface area (Å²) in [5.74, 6) is 0.0513. The van der Waals surface area contributed by atoms with Gasteiger partial charge in [-0.25, -0.2) is 9.37 Å². The van der Waals surface area contributed by atoms with E-state index in [0.29, 0.717) is 22.8 Å². The Balaban J connectivity index is 2.14. The van der Waals surface area contributed by atoms with Crippen molar-refractivity contribution in [3.05, 3.63) is 60.3 Å². The van der Waals surface area contributed by atoms with Gasteiger partial charge in [0, 0.05) is 23.5 Å². The molecule has 1 aromatic carbocycles. The van der Waals surface area contributed by atoms with E-state index in [-0.39, 0.29) is 5.82 Å². The molecule has 3 aromatic rings. The normalized spacial score (nSPS) is 10.7. The minimum atomic E-state index is -0.325. The molecule has 0 aliphatic carbocycles. The first-order valence-electron chi connectivity index (χ1n) is 6.12. The van der Waals surface area contributed by atoms with Crippen LogP contribution in [-0.2, 0) is 0 Å². The van der Waals surface area contributed by atoms with E-state index in [9.17, 15) is 9.60 Å². The Bertz CT molecular complexity index is 736. The first kappa shape index (κ1) is 12.3. The molecule has 4 nitrogen and oxygen atoms in total. The monoisotopic (exact) mass is 269 g/mol. The maximum Gasteiger partial charge on any atom is 0.176 e. The summed E-state index contributed by atoms with van der Waals surface area (Å²) in [6, 6.07) is 9.47. The Kier molecular flexibility index (Phi) is 2.95. The molecule has 2 aromatic heterocycles. The Labute approximate surface area is 115 Å². The summed E-state index contributed by atoms with van der Waals surface area (Å²) >= 11 is 0. The first-order chi connectivity index (χ1) is 9.66. The molecule has 0 bridgehead atoms. The minimum absolute atomic E-state index is 0.325. The molecule has 2 heterocycles. The lowest BCUT2D eigenvalue weighted by Gasteiger charge is -2.04. The molecule has 20 heavy (non-hydrogen) atoms. The van der Waals surface area contributed by atoms with Crippen molar-refractivity contribution in [2.75, 3.05) is 0 Å². The lowest BCUT2D eigenvalue weighted by molar-refractivity contribution is 0.195. The SMILES string of the molecule is Cc1nc(-c2ccc(F)cc2)n(O)c1-c1cccnc1. The van der Waals surface area contributed by atoms with Crippen LogP contribution in [0.3, 0.4) is 0 Å². The molecule has 1 N–H and O–H groups in total. The smallest absolute Gasteiger partial charge is 0.176 e. The van der Waals surface area contributed by atoms with E-state index in [2.05, 4.69) is 9.97 Å². The second kappa shape index (κ2) is 4.77. The summed E-state index contributed by atoms with van der Waals surface area (Å²) in [4.78, 5) is 8.38. The number of hydrogen-bond acceptors (Lipinski definition) is 3. The van der Waals surface area contributed by atoms with Crippen LogP contribution in [0.4, 0.5) is 4.39 Å². The number of pyridine rings is 1. The van der Waals surface area contributed by atoms with Crippen molar-refractivity contribution in [2.45, 2.75) is 6.92 Å². The van der Waals surface area contributed by atoms with Crippen molar-refractivity contribution >= 4 is 0 Å². The first-order valence-corrected chi connectivity index (χ1v) is 6.12. The van der Waals surface area contributed by atoms with Crippen molar-refractivity contribution < 1.29 is 9.60 Å². The molecule has 0 aliphatic rings. The predicted molar refractivity (Wildman–Crippen MR) is 72.8 cm³/mol. The summed E-state index contributed by atoms with van der Waals surface area (Å²) in [6.45, 7) is 1.81. The zero-order chi connectivity index (χ0) is 14.1. The maximum atomic E-state index is 13.0. The van der Waals surface area contributed by atoms with Gasteiger partial charge in [0.2, 0.25) is 0 Å². The second-order valence-electron chi connectivity index (χ2n) is 4.43. The van der Waals surface area contributed by atoms with Crippen LogP contribution in [0.15, 0.2) is 48.8 Å². The number of halogens is 1. The van der Waals surface area contributed by atoms with Crippen LogP contribution >= 0.6 is 0 Å². The number of aryl methyl sites for hydroxylation is 1. The van der Waals surface area contributed by atoms with Crippen LogP contribution in [0, 0.1) is 12.7 Å². The molecule has 5 heteroatoms. The van der Waals surface area contributed by atoms with E-state index in [1.54, 1.807) is 30.6 Å². The van der Waals surface area contributed by atoms with E-state index in [1.807, 2.05) is 13.0 Å². The van der Waals surface area contributed by atoms with E-state index in [4.69, 9.17) is 0 Å². The van der Waals surface area contributed by atoms with Crippen LogP contribution in [0.25, 0.3) is 22.6 Å². The number of imidazole rings is 1. The van der Waals surface area contributed by atoms with E-state index < -0.39 is 0 Å². The van der Waals surface area contributed by atoms with Gasteiger partial charge >= 0.3 is 0 Å². The second-order valence-corrected chi connectivity index (χ2v) is 4.43. The van der Waals surface area contributed by atoms with Crippen LogP contribution in [-0.4, -0.2) is 19.9 Å². The molecule has 0 aliphatic heterocycles. The van der Waals surface area contributed by atoms with Gasteiger partial charge in [0.1, 0.15) is 11.5 Å². The Hall–Kier alpha value is -2.69. The third-order valence-electron chi connectivity index (χ3n) is 3.07. The fourth-order valence-electron chi connectivity index (χ4n) is 2.14. The maximum absolute atomic E-state index is 13.0. The summed E-state index contributed by atoms with van der Waals surface area (Å²) in [7, 11) is 0. The van der Waals surface area contributed by atoms with Gasteiger partial charge in [0.15, 0.2) is 5.82 Å². The van der Waals surface area contributed by atoms with Crippen LogP contribution < -0.4 is 0 Å². The lowest BCUT2D eigenvalue weighted by Crippen LogP contribution is -1.97. The molecule has 0 saturated carbocycles. The quantitative estimate of drug-likeness (QED) is 0.726. The highest BCUT2D eigenvalue weighted by Crippen LogP contribution is 2.28. The van der Waals surface area contributed by atoms with Crippen molar-refractivity contribution in [2.24, 2.45) is 0 Å². The molecule has 0 atom stereocenters. The highest BCUT2D eigenvalue weighted by atomic mass is 19.1. The zero-order valence-electron chi connectivity index (χ0n) is 10.8. The van der Waals surface area contributed by atoms with Gasteiger partial charge < -0.3 is 5.21 Å². The van der Waals surface area contributed by atoms with Gasteiger partial charge in [-0.3, -0.25) is 4.98 Å². The van der Waals surface area contributed by atoms with Gasteiger partial charge in [-0.15, -0.1) is 0 Å². The molecule has 0 unspecified atom stereocenters. The van der Waals surface area contributed by atoms with Crippen molar-refractivity contribution in [1.29, 1.82) is 0 Å². The molecular formula is C15H12FN3O. The fourth-order valence-corrected chi connectivity index (χ4v) is 2.14. The molecule has 0 radical (unpaired) electrons. The largest absolute Gasteiger partial charge is 0.426 e. The van der Waals surface area contributed by atoms with E-state index in [1.165, 1.54) is 12.1 Å². The van der Waals surface area contributed by atoms with E-state index in [0.717, 1.165) is 10.3 Å². The Morgan fingerprint density at radius 2 is 1.85 bits per heavy atom. The van der Waals surface area contributed by atoms with Crippen LogP contribution in [0.2, 0.25) is 0 Å². The summed E-state index contributed by atoms with van der Waals surface area (Å²) in [5, 5.41) is 10.3. The van der Waals surface area contributed by atoms with Crippen molar-refractivity contribution in [3.63, 3.8) is 0 Å². The number of benzene rings is 1. The molecule has 0 spiro atoms. The number of aromatic nitrogens is 3. The lowest BCUT2D eigenvalue weighted by atomic mass is 10.2. The minimum Gasteiger partial charge on any atom is -0.426 e. The number of nitrogens with zero attached hydrogens (tertiary/aromatic N) is 3. The van der Waals surface area contributed by atoms with Crippen molar-refractivity contribution in [1.82, 2.24) is 14.7 Å². The molecular weight excluding hydrogens is 257 g/mol. The molecule has 0 saturated heterocycles. The van der Waals surface area contributed by atoms with Gasteiger partial charge in [-0.1, -0.05) is 0 Å². The van der Waals surface area contributed by atoms with Crippen LogP contribution in [0.1, 0.15) is 5.69 Å².